The first kappa shape index (κ1) is 17.1. The number of non-ortho nitro benzene ring substituents is 1. The highest BCUT2D eigenvalue weighted by Gasteiger charge is 2.13. The van der Waals surface area contributed by atoms with Gasteiger partial charge in [-0.25, -0.2) is 0 Å². The lowest BCUT2D eigenvalue weighted by molar-refractivity contribution is -0.384. The van der Waals surface area contributed by atoms with E-state index in [1.165, 1.54) is 35.5 Å². The second kappa shape index (κ2) is 7.14. The van der Waals surface area contributed by atoms with Crippen LogP contribution in [0.25, 0.3) is 0 Å². The Hall–Kier alpha value is -2.00. The number of hydrogen-bond donors (Lipinski definition) is 1. The molecule has 0 spiro atoms. The van der Waals surface area contributed by atoms with E-state index in [1.54, 1.807) is 7.05 Å². The molecule has 0 bridgehead atoms. The van der Waals surface area contributed by atoms with Gasteiger partial charge in [-0.3, -0.25) is 19.7 Å². The van der Waals surface area contributed by atoms with Gasteiger partial charge >= 0.3 is 0 Å². The van der Waals surface area contributed by atoms with Crippen LogP contribution in [0.1, 0.15) is 6.42 Å². The molecule has 0 saturated heterocycles. The molecule has 0 amide bonds. The molecular formula is C12H16N3O5S. The number of nitro groups is 1. The van der Waals surface area contributed by atoms with Crippen LogP contribution in [0.4, 0.5) is 11.4 Å². The molecule has 9 heteroatoms. The number of hydrazone groups is 1. The molecule has 0 saturated carbocycles. The summed E-state index contributed by atoms with van der Waals surface area (Å²) in [5, 5.41) is 16.0. The lowest BCUT2D eigenvalue weighted by Crippen LogP contribution is -2.18. The first-order valence-corrected chi connectivity index (χ1v) is 7.60. The Bertz CT molecular complexity index is 612. The standard InChI is InChI=1S/C12H16N3O5S/c1-3-10(9-21(18,19)20)8-13-14(2)11-4-6-12(7-5-11)15(16)17/h4-8,10H,1,3,9H2,2H3,(H,18,19,20). The van der Waals surface area contributed by atoms with Crippen LogP contribution in [0.2, 0.25) is 0 Å². The fourth-order valence-corrected chi connectivity index (χ4v) is 2.32. The van der Waals surface area contributed by atoms with E-state index in [1.807, 2.05) is 0 Å². The smallest absolute Gasteiger partial charge is 0.269 e. The second-order valence-electron chi connectivity index (χ2n) is 4.36. The summed E-state index contributed by atoms with van der Waals surface area (Å²) in [6.45, 7) is 3.59. The van der Waals surface area contributed by atoms with Gasteiger partial charge in [0.1, 0.15) is 0 Å². The van der Waals surface area contributed by atoms with Gasteiger partial charge in [-0.1, -0.05) is 6.92 Å². The SMILES string of the molecule is [CH2]CC(C=NN(C)c1ccc([N+](=O)[O-])cc1)CS(=O)(=O)O. The van der Waals surface area contributed by atoms with Crippen LogP contribution in [-0.2, 0) is 10.1 Å². The van der Waals surface area contributed by atoms with Crippen molar-refractivity contribution in [2.45, 2.75) is 6.42 Å². The van der Waals surface area contributed by atoms with E-state index in [0.29, 0.717) is 5.69 Å². The van der Waals surface area contributed by atoms with Crippen molar-refractivity contribution < 1.29 is 17.9 Å². The molecular weight excluding hydrogens is 298 g/mol. The number of hydrogen-bond acceptors (Lipinski definition) is 6. The topological polar surface area (TPSA) is 113 Å². The summed E-state index contributed by atoms with van der Waals surface area (Å²) in [5.74, 6) is -0.964. The molecule has 0 fully saturated rings. The minimum atomic E-state index is -4.09. The van der Waals surface area contributed by atoms with Crippen LogP contribution in [0.15, 0.2) is 29.4 Å². The highest BCUT2D eigenvalue weighted by atomic mass is 32.2. The van der Waals surface area contributed by atoms with Crippen molar-refractivity contribution in [2.24, 2.45) is 11.0 Å². The highest BCUT2D eigenvalue weighted by Crippen LogP contribution is 2.18. The molecule has 1 atom stereocenters. The van der Waals surface area contributed by atoms with Gasteiger partial charge < -0.3 is 0 Å². The lowest BCUT2D eigenvalue weighted by Gasteiger charge is -2.14. The summed E-state index contributed by atoms with van der Waals surface area (Å²) < 4.78 is 30.4. The van der Waals surface area contributed by atoms with E-state index in [0.717, 1.165) is 0 Å². The Kier molecular flexibility index (Phi) is 5.79. The molecule has 0 aromatic heterocycles. The molecule has 1 N–H and O–H groups in total. The minimum Gasteiger partial charge on any atom is -0.286 e. The zero-order valence-corrected chi connectivity index (χ0v) is 12.2. The summed E-state index contributed by atoms with van der Waals surface area (Å²) >= 11 is 0. The van der Waals surface area contributed by atoms with Crippen molar-refractivity contribution >= 4 is 27.7 Å². The Morgan fingerprint density at radius 1 is 1.48 bits per heavy atom. The maximum absolute atomic E-state index is 10.8. The molecule has 1 aromatic rings. The molecule has 1 unspecified atom stereocenters. The average molecular weight is 314 g/mol. The van der Waals surface area contributed by atoms with Crippen LogP contribution in [0.3, 0.4) is 0 Å². The molecule has 0 heterocycles. The van der Waals surface area contributed by atoms with Gasteiger partial charge in [0.05, 0.1) is 16.4 Å². The predicted octanol–water partition coefficient (Wildman–Crippen LogP) is 1.74. The molecule has 1 radical (unpaired) electrons. The van der Waals surface area contributed by atoms with Gasteiger partial charge in [0.15, 0.2) is 0 Å². The predicted molar refractivity (Wildman–Crippen MR) is 79.9 cm³/mol. The van der Waals surface area contributed by atoms with Gasteiger partial charge in [-0.2, -0.15) is 13.5 Å². The van der Waals surface area contributed by atoms with Crippen molar-refractivity contribution in [3.63, 3.8) is 0 Å². The van der Waals surface area contributed by atoms with Crippen LogP contribution in [0, 0.1) is 23.0 Å². The summed E-state index contributed by atoms with van der Waals surface area (Å²) in [6, 6.07) is 5.74. The fourth-order valence-electron chi connectivity index (χ4n) is 1.52. The second-order valence-corrected chi connectivity index (χ2v) is 5.86. The van der Waals surface area contributed by atoms with Gasteiger partial charge in [0, 0.05) is 31.3 Å². The van der Waals surface area contributed by atoms with E-state index in [9.17, 15) is 18.5 Å². The minimum absolute atomic E-state index is 0.0295. The molecule has 115 valence electrons. The lowest BCUT2D eigenvalue weighted by atomic mass is 10.1. The van der Waals surface area contributed by atoms with E-state index in [2.05, 4.69) is 12.0 Å². The molecule has 0 aliphatic carbocycles. The summed E-state index contributed by atoms with van der Waals surface area (Å²) in [6.07, 6.45) is 1.64. The Labute approximate surface area is 123 Å². The molecule has 21 heavy (non-hydrogen) atoms. The molecule has 1 rings (SSSR count). The summed E-state index contributed by atoms with van der Waals surface area (Å²) in [5.41, 5.74) is 0.574. The first-order valence-electron chi connectivity index (χ1n) is 5.99. The van der Waals surface area contributed by atoms with Gasteiger partial charge in [-0.05, 0) is 18.6 Å². The highest BCUT2D eigenvalue weighted by molar-refractivity contribution is 7.85. The molecule has 8 nitrogen and oxygen atoms in total. The Morgan fingerprint density at radius 2 is 2.05 bits per heavy atom. The van der Waals surface area contributed by atoms with E-state index in [4.69, 9.17) is 4.55 Å². The number of rotatable bonds is 7. The number of nitrogens with zero attached hydrogens (tertiary/aromatic N) is 3. The van der Waals surface area contributed by atoms with Gasteiger partial charge in [-0.15, -0.1) is 0 Å². The third kappa shape index (κ3) is 5.88. The average Bonchev–Trinajstić information content (AvgIpc) is 2.41. The van der Waals surface area contributed by atoms with Crippen molar-refractivity contribution in [1.82, 2.24) is 0 Å². The molecule has 0 aliphatic heterocycles. The van der Waals surface area contributed by atoms with Crippen molar-refractivity contribution in [1.29, 1.82) is 0 Å². The normalized spacial score (nSPS) is 13.3. The molecule has 0 aliphatic rings. The van der Waals surface area contributed by atoms with Crippen LogP contribution < -0.4 is 5.01 Å². The number of benzene rings is 1. The third-order valence-corrected chi connectivity index (χ3v) is 3.53. The zero-order chi connectivity index (χ0) is 16.0. The van der Waals surface area contributed by atoms with Crippen LogP contribution in [0.5, 0.6) is 0 Å². The Balaban J connectivity index is 2.76. The van der Waals surface area contributed by atoms with Crippen molar-refractivity contribution in [3.8, 4) is 0 Å². The Morgan fingerprint density at radius 3 is 2.48 bits per heavy atom. The van der Waals surface area contributed by atoms with Crippen molar-refractivity contribution in [2.75, 3.05) is 17.8 Å². The zero-order valence-electron chi connectivity index (χ0n) is 11.4. The van der Waals surface area contributed by atoms with Gasteiger partial charge in [0.25, 0.3) is 15.8 Å². The summed E-state index contributed by atoms with van der Waals surface area (Å²) in [7, 11) is -2.47. The maximum atomic E-state index is 10.8. The number of nitro benzene ring substituents is 1. The van der Waals surface area contributed by atoms with Crippen LogP contribution in [-0.4, -0.2) is 36.9 Å². The number of anilines is 1. The quantitative estimate of drug-likeness (QED) is 0.355. The monoisotopic (exact) mass is 314 g/mol. The van der Waals surface area contributed by atoms with Gasteiger partial charge in [0.2, 0.25) is 0 Å². The van der Waals surface area contributed by atoms with E-state index in [-0.39, 0.29) is 12.1 Å². The maximum Gasteiger partial charge on any atom is 0.269 e. The first-order chi connectivity index (χ1) is 9.73. The van der Waals surface area contributed by atoms with Crippen LogP contribution >= 0.6 is 0 Å². The fraction of sp³-hybridized carbons (Fsp3) is 0.333. The van der Waals surface area contributed by atoms with E-state index < -0.39 is 26.7 Å². The molecule has 1 aromatic carbocycles. The third-order valence-electron chi connectivity index (χ3n) is 2.68. The van der Waals surface area contributed by atoms with Crippen molar-refractivity contribution in [3.05, 3.63) is 41.3 Å². The largest absolute Gasteiger partial charge is 0.286 e. The van der Waals surface area contributed by atoms with E-state index >= 15 is 0 Å². The summed E-state index contributed by atoms with van der Waals surface area (Å²) in [4.78, 5) is 10.0.